The molecule has 2 unspecified atom stereocenters. The molecule has 3 heterocycles. The molecule has 1 amide bonds. The molecule has 0 bridgehead atoms. The summed E-state index contributed by atoms with van der Waals surface area (Å²) in [7, 11) is 1.76. The summed E-state index contributed by atoms with van der Waals surface area (Å²) < 4.78 is 1.62. The number of aromatic nitrogens is 3. The van der Waals surface area contributed by atoms with E-state index in [0.29, 0.717) is 17.0 Å². The first kappa shape index (κ1) is 19.5. The zero-order valence-electron chi connectivity index (χ0n) is 15.1. The van der Waals surface area contributed by atoms with Gasteiger partial charge in [0.05, 0.1) is 11.8 Å². The van der Waals surface area contributed by atoms with E-state index < -0.39 is 0 Å². The van der Waals surface area contributed by atoms with Gasteiger partial charge in [0.1, 0.15) is 0 Å². The summed E-state index contributed by atoms with van der Waals surface area (Å²) in [5.41, 5.74) is 2.95. The van der Waals surface area contributed by atoms with E-state index in [-0.39, 0.29) is 36.3 Å². The Labute approximate surface area is 153 Å². The predicted molar refractivity (Wildman–Crippen MR) is 100 cm³/mol. The van der Waals surface area contributed by atoms with Crippen molar-refractivity contribution in [2.45, 2.75) is 39.7 Å². The number of H-pyrrole nitrogens is 1. The normalized spacial score (nSPS) is 20.3. The molecule has 7 nitrogen and oxygen atoms in total. The van der Waals surface area contributed by atoms with Gasteiger partial charge >= 0.3 is 0 Å². The number of carbonyl (C=O) groups excluding carboxylic acids is 1. The van der Waals surface area contributed by atoms with Crippen molar-refractivity contribution in [2.75, 3.05) is 13.1 Å². The Bertz CT molecular complexity index is 842. The van der Waals surface area contributed by atoms with Crippen LogP contribution in [0.1, 0.15) is 30.2 Å². The molecule has 3 rings (SSSR count). The summed E-state index contributed by atoms with van der Waals surface area (Å²) in [6.07, 6.45) is 1.20. The van der Waals surface area contributed by atoms with Crippen molar-refractivity contribution in [1.82, 2.24) is 25.4 Å². The van der Waals surface area contributed by atoms with Crippen LogP contribution in [-0.4, -0.2) is 39.8 Å². The number of pyridine rings is 1. The number of piperidine rings is 1. The van der Waals surface area contributed by atoms with E-state index in [9.17, 15) is 9.59 Å². The summed E-state index contributed by atoms with van der Waals surface area (Å²) >= 11 is 0. The SMILES string of the molecule is Cc1nc2c(c(C)c1CC(=O)NC1CCNCC1C)c(=O)[nH]n2C.Cl. The van der Waals surface area contributed by atoms with E-state index in [1.165, 1.54) is 0 Å². The Morgan fingerprint density at radius 2 is 2.12 bits per heavy atom. The fourth-order valence-electron chi connectivity index (χ4n) is 3.56. The summed E-state index contributed by atoms with van der Waals surface area (Å²) in [4.78, 5) is 29.1. The molecule has 138 valence electrons. The molecule has 1 aliphatic heterocycles. The van der Waals surface area contributed by atoms with Gasteiger partial charge < -0.3 is 10.6 Å². The number of halogens is 1. The van der Waals surface area contributed by atoms with Crippen LogP contribution in [0.25, 0.3) is 11.0 Å². The van der Waals surface area contributed by atoms with Crippen LogP contribution in [0.2, 0.25) is 0 Å². The highest BCUT2D eigenvalue weighted by molar-refractivity contribution is 5.85. The lowest BCUT2D eigenvalue weighted by atomic mass is 9.94. The van der Waals surface area contributed by atoms with Gasteiger partial charge in [-0.15, -0.1) is 12.4 Å². The van der Waals surface area contributed by atoms with Gasteiger partial charge in [0.15, 0.2) is 5.65 Å². The minimum absolute atomic E-state index is 0. The first-order valence-corrected chi connectivity index (χ1v) is 8.43. The van der Waals surface area contributed by atoms with Crippen molar-refractivity contribution in [3.8, 4) is 0 Å². The third kappa shape index (κ3) is 3.72. The monoisotopic (exact) mass is 367 g/mol. The molecule has 0 spiro atoms. The maximum atomic E-state index is 12.5. The lowest BCUT2D eigenvalue weighted by Gasteiger charge is -2.30. The number of hydrogen-bond acceptors (Lipinski definition) is 4. The van der Waals surface area contributed by atoms with Crippen LogP contribution < -0.4 is 16.2 Å². The quantitative estimate of drug-likeness (QED) is 0.753. The molecule has 2 aromatic heterocycles. The Morgan fingerprint density at radius 3 is 2.80 bits per heavy atom. The second-order valence-electron chi connectivity index (χ2n) is 6.82. The van der Waals surface area contributed by atoms with Gasteiger partial charge in [-0.05, 0) is 50.4 Å². The number of carbonyl (C=O) groups is 1. The zero-order chi connectivity index (χ0) is 17.4. The maximum Gasteiger partial charge on any atom is 0.273 e. The average molecular weight is 368 g/mol. The second-order valence-corrected chi connectivity index (χ2v) is 6.82. The standard InChI is InChI=1S/C17H25N5O2.ClH/c1-9-8-18-6-5-13(9)20-14(23)7-12-10(2)15-16(19-11(12)3)22(4)21-17(15)24;/h9,13,18H,5-8H2,1-4H3,(H,20,23)(H,21,24);1H. The van der Waals surface area contributed by atoms with Crippen LogP contribution in [0.5, 0.6) is 0 Å². The summed E-state index contributed by atoms with van der Waals surface area (Å²) in [5.74, 6) is 0.413. The van der Waals surface area contributed by atoms with Gasteiger partial charge in [-0.1, -0.05) is 6.92 Å². The van der Waals surface area contributed by atoms with Crippen molar-refractivity contribution in [1.29, 1.82) is 0 Å². The van der Waals surface area contributed by atoms with E-state index in [4.69, 9.17) is 0 Å². The van der Waals surface area contributed by atoms with Crippen LogP contribution in [0, 0.1) is 19.8 Å². The molecule has 0 aliphatic carbocycles. The molecule has 0 aromatic carbocycles. The van der Waals surface area contributed by atoms with Crippen LogP contribution in [-0.2, 0) is 18.3 Å². The number of nitrogens with one attached hydrogen (secondary N) is 3. The number of rotatable bonds is 3. The molecule has 2 aromatic rings. The topological polar surface area (TPSA) is 91.8 Å². The zero-order valence-corrected chi connectivity index (χ0v) is 15.9. The van der Waals surface area contributed by atoms with Gasteiger partial charge in [-0.3, -0.25) is 19.4 Å². The number of hydrogen-bond donors (Lipinski definition) is 3. The molecule has 1 saturated heterocycles. The number of aryl methyl sites for hydroxylation is 3. The maximum absolute atomic E-state index is 12.5. The third-order valence-corrected chi connectivity index (χ3v) is 5.04. The van der Waals surface area contributed by atoms with Crippen molar-refractivity contribution in [3.05, 3.63) is 27.2 Å². The molecule has 3 N–H and O–H groups in total. The number of amides is 1. The third-order valence-electron chi connectivity index (χ3n) is 5.04. The van der Waals surface area contributed by atoms with Gasteiger partial charge in [-0.25, -0.2) is 4.98 Å². The van der Waals surface area contributed by atoms with Gasteiger partial charge in [0.2, 0.25) is 5.91 Å². The van der Waals surface area contributed by atoms with Gasteiger partial charge in [0.25, 0.3) is 5.56 Å². The average Bonchev–Trinajstić information content (AvgIpc) is 2.80. The highest BCUT2D eigenvalue weighted by atomic mass is 35.5. The van der Waals surface area contributed by atoms with Crippen molar-refractivity contribution in [3.63, 3.8) is 0 Å². The molecule has 1 aliphatic rings. The van der Waals surface area contributed by atoms with Crippen molar-refractivity contribution < 1.29 is 4.79 Å². The number of fused-ring (bicyclic) bond motifs is 1. The van der Waals surface area contributed by atoms with Crippen LogP contribution in [0.15, 0.2) is 4.79 Å². The highest BCUT2D eigenvalue weighted by Crippen LogP contribution is 2.20. The molecule has 2 atom stereocenters. The molecule has 25 heavy (non-hydrogen) atoms. The minimum Gasteiger partial charge on any atom is -0.353 e. The molecule has 0 saturated carbocycles. The lowest BCUT2D eigenvalue weighted by Crippen LogP contribution is -2.48. The second kappa shape index (κ2) is 7.58. The molecular weight excluding hydrogens is 342 g/mol. The Kier molecular flexibility index (Phi) is 5.90. The van der Waals surface area contributed by atoms with Crippen molar-refractivity contribution in [2.24, 2.45) is 13.0 Å². The highest BCUT2D eigenvalue weighted by Gasteiger charge is 2.24. The largest absolute Gasteiger partial charge is 0.353 e. The number of nitrogens with zero attached hydrogens (tertiary/aromatic N) is 2. The van der Waals surface area contributed by atoms with E-state index in [0.717, 1.165) is 36.3 Å². The van der Waals surface area contributed by atoms with Gasteiger partial charge in [-0.2, -0.15) is 0 Å². The fraction of sp³-hybridized carbons (Fsp3) is 0.588. The summed E-state index contributed by atoms with van der Waals surface area (Å²) in [6.45, 7) is 7.78. The van der Waals surface area contributed by atoms with Crippen molar-refractivity contribution >= 4 is 29.3 Å². The lowest BCUT2D eigenvalue weighted by molar-refractivity contribution is -0.121. The summed E-state index contributed by atoms with van der Waals surface area (Å²) in [6, 6.07) is 0.205. The smallest absolute Gasteiger partial charge is 0.273 e. The van der Waals surface area contributed by atoms with Crippen LogP contribution in [0.4, 0.5) is 0 Å². The molecular formula is C17H26ClN5O2. The Morgan fingerprint density at radius 1 is 1.40 bits per heavy atom. The first-order chi connectivity index (χ1) is 11.4. The Balaban J connectivity index is 0.00000225. The van der Waals surface area contributed by atoms with E-state index >= 15 is 0 Å². The number of aromatic amines is 1. The van der Waals surface area contributed by atoms with Gasteiger partial charge in [0, 0.05) is 18.8 Å². The molecule has 1 fully saturated rings. The van der Waals surface area contributed by atoms with E-state index in [1.807, 2.05) is 13.8 Å². The van der Waals surface area contributed by atoms with E-state index in [1.54, 1.807) is 11.7 Å². The van der Waals surface area contributed by atoms with Crippen LogP contribution in [0.3, 0.4) is 0 Å². The Hall–Kier alpha value is -1.86. The first-order valence-electron chi connectivity index (χ1n) is 8.43. The minimum atomic E-state index is -0.161. The molecule has 8 heteroatoms. The fourth-order valence-corrected chi connectivity index (χ4v) is 3.56. The van der Waals surface area contributed by atoms with Crippen LogP contribution >= 0.6 is 12.4 Å². The molecule has 0 radical (unpaired) electrons. The van der Waals surface area contributed by atoms with E-state index in [2.05, 4.69) is 27.6 Å². The predicted octanol–water partition coefficient (Wildman–Crippen LogP) is 0.957. The summed E-state index contributed by atoms with van der Waals surface area (Å²) in [5, 5.41) is 9.77.